The topological polar surface area (TPSA) is 50.9 Å². The van der Waals surface area contributed by atoms with Crippen molar-refractivity contribution in [3.63, 3.8) is 0 Å². The van der Waals surface area contributed by atoms with Crippen LogP contribution in [0.3, 0.4) is 0 Å². The van der Waals surface area contributed by atoms with Gasteiger partial charge in [0.1, 0.15) is 0 Å². The van der Waals surface area contributed by atoms with Gasteiger partial charge < -0.3 is 11.1 Å². The molecule has 1 fully saturated rings. The Balaban J connectivity index is 2.08. The van der Waals surface area contributed by atoms with E-state index in [0.717, 1.165) is 19.3 Å². The zero-order valence-corrected chi connectivity index (χ0v) is 10.5. The fourth-order valence-electron chi connectivity index (χ4n) is 2.21. The third-order valence-corrected chi connectivity index (χ3v) is 3.53. The van der Waals surface area contributed by atoms with Gasteiger partial charge in [-0.3, -0.25) is 0 Å². The third kappa shape index (κ3) is 2.52. The minimum absolute atomic E-state index is 0.258. The molecule has 2 atom stereocenters. The Morgan fingerprint density at radius 3 is 3.06 bits per heavy atom. The lowest BCUT2D eigenvalue weighted by Gasteiger charge is -2.20. The van der Waals surface area contributed by atoms with Gasteiger partial charge in [-0.1, -0.05) is 6.42 Å². The van der Waals surface area contributed by atoms with Crippen LogP contribution in [0.2, 0.25) is 0 Å². The number of anilines is 1. The number of nitrogens with two attached hydrogens (primary N) is 1. The number of hydrogen-bond donors (Lipinski definition) is 2. The molecule has 1 heterocycles. The molecule has 0 aromatic carbocycles. The van der Waals surface area contributed by atoms with Crippen molar-refractivity contribution < 1.29 is 4.39 Å². The van der Waals surface area contributed by atoms with Crippen LogP contribution < -0.4 is 11.1 Å². The molecule has 88 valence electrons. The van der Waals surface area contributed by atoms with Gasteiger partial charge in [-0.15, -0.1) is 0 Å². The van der Waals surface area contributed by atoms with Gasteiger partial charge in [0.25, 0.3) is 0 Å². The predicted molar refractivity (Wildman–Crippen MR) is 65.7 cm³/mol. The second-order valence-electron chi connectivity index (χ2n) is 4.16. The lowest BCUT2D eigenvalue weighted by Crippen LogP contribution is -2.30. The van der Waals surface area contributed by atoms with E-state index in [2.05, 4.69) is 26.2 Å². The fraction of sp³-hybridized carbons (Fsp3) is 0.545. The number of hydrogen-bond acceptors (Lipinski definition) is 3. The first-order valence-electron chi connectivity index (χ1n) is 5.48. The minimum Gasteiger partial charge on any atom is -0.365 e. The molecule has 0 spiro atoms. The fourth-order valence-corrected chi connectivity index (χ4v) is 2.51. The van der Waals surface area contributed by atoms with Gasteiger partial charge in [0.15, 0.2) is 11.6 Å². The Kier molecular flexibility index (Phi) is 3.76. The summed E-state index contributed by atoms with van der Waals surface area (Å²) in [5.74, 6) is 0.440. The van der Waals surface area contributed by atoms with E-state index in [-0.39, 0.29) is 11.9 Å². The van der Waals surface area contributed by atoms with Gasteiger partial charge in [0.05, 0.1) is 0 Å². The highest BCUT2D eigenvalue weighted by Crippen LogP contribution is 2.28. The van der Waals surface area contributed by atoms with E-state index in [0.29, 0.717) is 22.8 Å². The SMILES string of the molecule is NCC1CCCC1Nc1ncc(Br)cc1F. The van der Waals surface area contributed by atoms with Gasteiger partial charge >= 0.3 is 0 Å². The number of rotatable bonds is 3. The van der Waals surface area contributed by atoms with Crippen LogP contribution in [0.25, 0.3) is 0 Å². The smallest absolute Gasteiger partial charge is 0.166 e. The first-order valence-corrected chi connectivity index (χ1v) is 6.27. The lowest BCUT2D eigenvalue weighted by molar-refractivity contribution is 0.511. The highest BCUT2D eigenvalue weighted by Gasteiger charge is 2.26. The number of aromatic nitrogens is 1. The van der Waals surface area contributed by atoms with Crippen LogP contribution in [-0.2, 0) is 0 Å². The Bertz CT molecular complexity index is 372. The maximum atomic E-state index is 13.5. The maximum absolute atomic E-state index is 13.5. The molecule has 3 nitrogen and oxygen atoms in total. The first kappa shape index (κ1) is 11.8. The summed E-state index contributed by atoms with van der Waals surface area (Å²) in [6.07, 6.45) is 4.90. The standard InChI is InChI=1S/C11H15BrFN3/c12-8-4-9(13)11(15-6-8)16-10-3-1-2-7(10)5-14/h4,6-7,10H,1-3,5,14H2,(H,15,16). The Hall–Kier alpha value is -0.680. The molecule has 16 heavy (non-hydrogen) atoms. The van der Waals surface area contributed by atoms with Crippen molar-refractivity contribution in [2.45, 2.75) is 25.3 Å². The van der Waals surface area contributed by atoms with E-state index in [1.54, 1.807) is 6.20 Å². The maximum Gasteiger partial charge on any atom is 0.166 e. The van der Waals surface area contributed by atoms with Crippen molar-refractivity contribution in [1.82, 2.24) is 4.98 Å². The minimum atomic E-state index is -0.322. The van der Waals surface area contributed by atoms with Gasteiger partial charge in [-0.05, 0) is 47.3 Å². The van der Waals surface area contributed by atoms with Gasteiger partial charge in [0, 0.05) is 16.7 Å². The molecule has 1 aromatic rings. The van der Waals surface area contributed by atoms with Gasteiger partial charge in [-0.2, -0.15) is 0 Å². The molecule has 1 aromatic heterocycles. The molecule has 0 saturated heterocycles. The Morgan fingerprint density at radius 2 is 2.38 bits per heavy atom. The number of nitrogens with one attached hydrogen (secondary N) is 1. The van der Waals surface area contributed by atoms with Crippen LogP contribution in [0.4, 0.5) is 10.2 Å². The summed E-state index contributed by atoms with van der Waals surface area (Å²) in [6, 6.07) is 1.68. The lowest BCUT2D eigenvalue weighted by atomic mass is 10.0. The Labute approximate surface area is 103 Å². The molecular formula is C11H15BrFN3. The van der Waals surface area contributed by atoms with Gasteiger partial charge in [0.2, 0.25) is 0 Å². The summed E-state index contributed by atoms with van der Waals surface area (Å²) in [4.78, 5) is 4.04. The van der Waals surface area contributed by atoms with E-state index >= 15 is 0 Å². The van der Waals surface area contributed by atoms with Crippen LogP contribution in [0, 0.1) is 11.7 Å². The summed E-state index contributed by atoms with van der Waals surface area (Å²) in [7, 11) is 0. The summed E-state index contributed by atoms with van der Waals surface area (Å²) >= 11 is 3.18. The van der Waals surface area contributed by atoms with Crippen LogP contribution in [0.5, 0.6) is 0 Å². The van der Waals surface area contributed by atoms with Crippen molar-refractivity contribution in [2.75, 3.05) is 11.9 Å². The van der Waals surface area contributed by atoms with E-state index in [1.807, 2.05) is 0 Å². The van der Waals surface area contributed by atoms with E-state index in [9.17, 15) is 4.39 Å². The summed E-state index contributed by atoms with van der Waals surface area (Å²) in [5.41, 5.74) is 5.68. The van der Waals surface area contributed by atoms with Gasteiger partial charge in [-0.25, -0.2) is 9.37 Å². The second-order valence-corrected chi connectivity index (χ2v) is 5.08. The predicted octanol–water partition coefficient (Wildman–Crippen LogP) is 2.52. The molecule has 2 unspecified atom stereocenters. The normalized spacial score (nSPS) is 24.7. The van der Waals surface area contributed by atoms with Crippen LogP contribution >= 0.6 is 15.9 Å². The molecule has 3 N–H and O–H groups in total. The first-order chi connectivity index (χ1) is 7.70. The van der Waals surface area contributed by atoms with Crippen molar-refractivity contribution in [3.05, 3.63) is 22.6 Å². The van der Waals surface area contributed by atoms with Crippen LogP contribution in [0.15, 0.2) is 16.7 Å². The molecule has 2 rings (SSSR count). The molecule has 0 aliphatic heterocycles. The number of nitrogens with zero attached hydrogens (tertiary/aromatic N) is 1. The van der Waals surface area contributed by atoms with E-state index in [1.165, 1.54) is 6.07 Å². The highest BCUT2D eigenvalue weighted by molar-refractivity contribution is 9.10. The number of halogens is 2. The third-order valence-electron chi connectivity index (χ3n) is 3.09. The van der Waals surface area contributed by atoms with Crippen LogP contribution in [0.1, 0.15) is 19.3 Å². The quantitative estimate of drug-likeness (QED) is 0.898. The average Bonchev–Trinajstić information content (AvgIpc) is 2.69. The molecule has 0 amide bonds. The molecule has 1 saturated carbocycles. The van der Waals surface area contributed by atoms with E-state index < -0.39 is 0 Å². The number of pyridine rings is 1. The molecule has 1 aliphatic carbocycles. The molecular weight excluding hydrogens is 273 g/mol. The second kappa shape index (κ2) is 5.10. The molecule has 5 heteroatoms. The van der Waals surface area contributed by atoms with E-state index in [4.69, 9.17) is 5.73 Å². The monoisotopic (exact) mass is 287 g/mol. The summed E-state index contributed by atoms with van der Waals surface area (Å²) in [5, 5.41) is 3.15. The average molecular weight is 288 g/mol. The van der Waals surface area contributed by atoms with Crippen LogP contribution in [-0.4, -0.2) is 17.6 Å². The molecule has 0 radical (unpaired) electrons. The highest BCUT2D eigenvalue weighted by atomic mass is 79.9. The molecule has 1 aliphatic rings. The largest absolute Gasteiger partial charge is 0.365 e. The zero-order valence-electron chi connectivity index (χ0n) is 8.92. The summed E-state index contributed by atoms with van der Waals surface area (Å²) in [6.45, 7) is 0.649. The zero-order chi connectivity index (χ0) is 11.5. The molecule has 0 bridgehead atoms. The Morgan fingerprint density at radius 1 is 1.56 bits per heavy atom. The van der Waals surface area contributed by atoms with Crippen molar-refractivity contribution in [2.24, 2.45) is 11.7 Å². The van der Waals surface area contributed by atoms with Crippen molar-refractivity contribution in [3.8, 4) is 0 Å². The van der Waals surface area contributed by atoms with Crippen molar-refractivity contribution >= 4 is 21.7 Å². The van der Waals surface area contributed by atoms with Crippen molar-refractivity contribution in [1.29, 1.82) is 0 Å². The summed E-state index contributed by atoms with van der Waals surface area (Å²) < 4.78 is 14.2.